The van der Waals surface area contributed by atoms with Crippen LogP contribution in [-0.2, 0) is 4.79 Å². The molecule has 2 nitrogen and oxygen atoms in total. The van der Waals surface area contributed by atoms with Gasteiger partial charge in [0.1, 0.15) is 0 Å². The first-order valence-corrected chi connectivity index (χ1v) is 9.03. The number of carboxylic acid groups (broad SMARTS) is 1. The van der Waals surface area contributed by atoms with E-state index in [9.17, 15) is 4.79 Å². The minimum atomic E-state index is -0.833. The van der Waals surface area contributed by atoms with Crippen LogP contribution in [0.1, 0.15) is 84.0 Å². The van der Waals surface area contributed by atoms with Crippen LogP contribution in [0.15, 0.2) is 12.2 Å². The van der Waals surface area contributed by atoms with E-state index in [-0.39, 0.29) is 0 Å². The number of hydrogen-bond donors (Lipinski definition) is 1. The number of unbranched alkanes of at least 4 members (excludes halogenated alkanes) is 5. The van der Waals surface area contributed by atoms with E-state index in [1.165, 1.54) is 63.9 Å². The van der Waals surface area contributed by atoms with E-state index in [0.717, 1.165) is 31.1 Å². The quantitative estimate of drug-likeness (QED) is 0.307. The van der Waals surface area contributed by atoms with E-state index in [2.05, 4.69) is 11.8 Å². The summed E-state index contributed by atoms with van der Waals surface area (Å²) in [6.45, 7) is 1.92. The summed E-state index contributed by atoms with van der Waals surface area (Å²) < 4.78 is 0. The maximum Gasteiger partial charge on any atom is 0.327 e. The molecule has 0 saturated heterocycles. The van der Waals surface area contributed by atoms with Gasteiger partial charge in [0.15, 0.2) is 0 Å². The Morgan fingerprint density at radius 2 is 1.77 bits per heavy atom. The maximum atomic E-state index is 10.4. The highest BCUT2D eigenvalue weighted by atomic mass is 16.4. The lowest BCUT2D eigenvalue weighted by atomic mass is 9.87. The second kappa shape index (κ2) is 12.3. The summed E-state index contributed by atoms with van der Waals surface area (Å²) in [7, 11) is 0. The van der Waals surface area contributed by atoms with E-state index in [0.29, 0.717) is 0 Å². The Labute approximate surface area is 136 Å². The van der Waals surface area contributed by atoms with Crippen LogP contribution in [-0.4, -0.2) is 11.1 Å². The van der Waals surface area contributed by atoms with Gasteiger partial charge >= 0.3 is 5.97 Å². The molecule has 2 heteroatoms. The highest BCUT2D eigenvalue weighted by molar-refractivity contribution is 5.79. The minimum Gasteiger partial charge on any atom is -0.478 e. The number of allylic oxidation sites excluding steroid dienone is 1. The van der Waals surface area contributed by atoms with Crippen molar-refractivity contribution in [1.82, 2.24) is 0 Å². The molecular weight excluding hydrogens is 272 g/mol. The van der Waals surface area contributed by atoms with Crippen LogP contribution in [0.2, 0.25) is 0 Å². The topological polar surface area (TPSA) is 37.3 Å². The second-order valence-corrected chi connectivity index (χ2v) is 6.50. The van der Waals surface area contributed by atoms with Crippen molar-refractivity contribution in [2.24, 2.45) is 11.8 Å². The van der Waals surface area contributed by atoms with Gasteiger partial charge in [0.05, 0.1) is 0 Å². The zero-order valence-corrected chi connectivity index (χ0v) is 14.2. The zero-order chi connectivity index (χ0) is 16.0. The van der Waals surface area contributed by atoms with Crippen molar-refractivity contribution in [3.63, 3.8) is 0 Å². The molecule has 0 unspecified atom stereocenters. The molecule has 1 rings (SSSR count). The molecule has 1 aliphatic rings. The molecule has 0 heterocycles. The Hall–Kier alpha value is -1.23. The molecule has 0 radical (unpaired) electrons. The fourth-order valence-electron chi connectivity index (χ4n) is 3.65. The maximum absolute atomic E-state index is 10.4. The summed E-state index contributed by atoms with van der Waals surface area (Å²) in [6.07, 6.45) is 18.4. The fraction of sp³-hybridized carbons (Fsp3) is 0.750. The van der Waals surface area contributed by atoms with E-state index in [1.54, 1.807) is 6.08 Å². The van der Waals surface area contributed by atoms with E-state index in [4.69, 9.17) is 5.11 Å². The Kier molecular flexibility index (Phi) is 10.5. The van der Waals surface area contributed by atoms with E-state index < -0.39 is 5.97 Å². The summed E-state index contributed by atoms with van der Waals surface area (Å²) in [6, 6.07) is 0. The first-order chi connectivity index (χ1) is 10.7. The standard InChI is InChI=1S/C20H32O2/c1-2-3-4-5-6-9-13-18-15-12-16-19(18)14-10-7-8-11-17-20(21)22/h11,17-19H,4-10,12-16H2,1H3,(H,21,22)/b17-11+/t18-,19-/m0/s1. The van der Waals surface area contributed by atoms with Crippen molar-refractivity contribution in [3.05, 3.63) is 12.2 Å². The van der Waals surface area contributed by atoms with Gasteiger partial charge in [0, 0.05) is 12.5 Å². The molecule has 0 aromatic carbocycles. The highest BCUT2D eigenvalue weighted by Gasteiger charge is 2.25. The van der Waals surface area contributed by atoms with Crippen molar-refractivity contribution in [3.8, 4) is 11.8 Å². The average Bonchev–Trinajstić information content (AvgIpc) is 2.93. The SMILES string of the molecule is CC#CCCCCC[C@H]1CCC[C@@H]1CCCC/C=C/C(=O)O. The van der Waals surface area contributed by atoms with Gasteiger partial charge in [-0.1, -0.05) is 57.4 Å². The molecule has 0 spiro atoms. The van der Waals surface area contributed by atoms with Crippen LogP contribution in [0.5, 0.6) is 0 Å². The van der Waals surface area contributed by atoms with Crippen LogP contribution in [0.3, 0.4) is 0 Å². The molecule has 124 valence electrons. The first-order valence-electron chi connectivity index (χ1n) is 9.03. The van der Waals surface area contributed by atoms with Gasteiger partial charge in [-0.3, -0.25) is 0 Å². The van der Waals surface area contributed by atoms with Crippen molar-refractivity contribution in [2.45, 2.75) is 84.0 Å². The second-order valence-electron chi connectivity index (χ2n) is 6.50. The third-order valence-corrected chi connectivity index (χ3v) is 4.83. The summed E-state index contributed by atoms with van der Waals surface area (Å²) in [5.74, 6) is 7.16. The summed E-state index contributed by atoms with van der Waals surface area (Å²) >= 11 is 0. The molecule has 0 aromatic heterocycles. The number of carboxylic acids is 1. The number of aliphatic carboxylic acids is 1. The lowest BCUT2D eigenvalue weighted by Crippen LogP contribution is -2.08. The van der Waals surface area contributed by atoms with Crippen LogP contribution >= 0.6 is 0 Å². The molecule has 0 amide bonds. The van der Waals surface area contributed by atoms with Gasteiger partial charge in [-0.05, 0) is 38.0 Å². The Morgan fingerprint density at radius 1 is 1.09 bits per heavy atom. The molecular formula is C20H32O2. The largest absolute Gasteiger partial charge is 0.478 e. The third kappa shape index (κ3) is 8.93. The lowest BCUT2D eigenvalue weighted by molar-refractivity contribution is -0.131. The molecule has 1 N–H and O–H groups in total. The van der Waals surface area contributed by atoms with Gasteiger partial charge < -0.3 is 5.11 Å². The normalized spacial score (nSPS) is 21.0. The fourth-order valence-corrected chi connectivity index (χ4v) is 3.65. The molecule has 1 aliphatic carbocycles. The first kappa shape index (κ1) is 18.8. The summed E-state index contributed by atoms with van der Waals surface area (Å²) in [5.41, 5.74) is 0. The van der Waals surface area contributed by atoms with Crippen LogP contribution < -0.4 is 0 Å². The monoisotopic (exact) mass is 304 g/mol. The Bertz CT molecular complexity index is 386. The van der Waals surface area contributed by atoms with E-state index >= 15 is 0 Å². The van der Waals surface area contributed by atoms with Crippen molar-refractivity contribution >= 4 is 5.97 Å². The predicted molar refractivity (Wildman–Crippen MR) is 92.6 cm³/mol. The number of carbonyl (C=O) groups is 1. The highest BCUT2D eigenvalue weighted by Crippen LogP contribution is 2.38. The van der Waals surface area contributed by atoms with Crippen molar-refractivity contribution in [1.29, 1.82) is 0 Å². The molecule has 22 heavy (non-hydrogen) atoms. The molecule has 1 saturated carbocycles. The molecule has 2 atom stereocenters. The average molecular weight is 304 g/mol. The third-order valence-electron chi connectivity index (χ3n) is 4.83. The smallest absolute Gasteiger partial charge is 0.327 e. The van der Waals surface area contributed by atoms with Gasteiger partial charge in [0.25, 0.3) is 0 Å². The minimum absolute atomic E-state index is 0.833. The predicted octanol–water partition coefficient (Wildman–Crippen LogP) is 5.58. The Morgan fingerprint density at radius 3 is 2.41 bits per heavy atom. The van der Waals surface area contributed by atoms with Crippen LogP contribution in [0, 0.1) is 23.7 Å². The molecule has 0 bridgehead atoms. The van der Waals surface area contributed by atoms with Gasteiger partial charge in [-0.2, -0.15) is 0 Å². The Balaban J connectivity index is 2.07. The number of rotatable bonds is 11. The molecule has 1 fully saturated rings. The van der Waals surface area contributed by atoms with E-state index in [1.807, 2.05) is 6.92 Å². The van der Waals surface area contributed by atoms with Crippen molar-refractivity contribution < 1.29 is 9.90 Å². The van der Waals surface area contributed by atoms with Gasteiger partial charge in [-0.15, -0.1) is 11.8 Å². The van der Waals surface area contributed by atoms with Gasteiger partial charge in [-0.25, -0.2) is 4.79 Å². The van der Waals surface area contributed by atoms with Crippen molar-refractivity contribution in [2.75, 3.05) is 0 Å². The summed E-state index contributed by atoms with van der Waals surface area (Å²) in [4.78, 5) is 10.4. The van der Waals surface area contributed by atoms with Crippen LogP contribution in [0.25, 0.3) is 0 Å². The molecule has 0 aliphatic heterocycles. The number of hydrogen-bond acceptors (Lipinski definition) is 1. The van der Waals surface area contributed by atoms with Gasteiger partial charge in [0.2, 0.25) is 0 Å². The van der Waals surface area contributed by atoms with Crippen LogP contribution in [0.4, 0.5) is 0 Å². The summed E-state index contributed by atoms with van der Waals surface area (Å²) in [5, 5.41) is 8.53. The zero-order valence-electron chi connectivity index (χ0n) is 14.2. The molecule has 0 aromatic rings. The lowest BCUT2D eigenvalue weighted by Gasteiger charge is -2.19.